The summed E-state index contributed by atoms with van der Waals surface area (Å²) in [7, 11) is 0. The van der Waals surface area contributed by atoms with Gasteiger partial charge in [-0.25, -0.2) is 9.97 Å². The molecule has 28 heavy (non-hydrogen) atoms. The summed E-state index contributed by atoms with van der Waals surface area (Å²) in [5.74, 6) is 0.0182. The van der Waals surface area contributed by atoms with Gasteiger partial charge in [0.2, 0.25) is 11.9 Å². The molecule has 0 fully saturated rings. The Labute approximate surface area is 162 Å². The van der Waals surface area contributed by atoms with E-state index in [1.807, 2.05) is 18.3 Å². The van der Waals surface area contributed by atoms with Gasteiger partial charge in [-0.05, 0) is 50.2 Å². The van der Waals surface area contributed by atoms with Crippen molar-refractivity contribution >= 4 is 28.4 Å². The Bertz CT molecular complexity index is 1150. The first kappa shape index (κ1) is 17.7. The van der Waals surface area contributed by atoms with Gasteiger partial charge < -0.3 is 15.6 Å². The molecule has 0 aliphatic carbocycles. The Morgan fingerprint density at radius 1 is 1.11 bits per heavy atom. The van der Waals surface area contributed by atoms with Crippen molar-refractivity contribution in [1.82, 2.24) is 19.5 Å². The molecule has 7 heteroatoms. The van der Waals surface area contributed by atoms with Crippen LogP contribution in [0.5, 0.6) is 0 Å². The summed E-state index contributed by atoms with van der Waals surface area (Å²) in [6, 6.07) is 11.1. The third-order valence-corrected chi connectivity index (χ3v) is 4.55. The van der Waals surface area contributed by atoms with Crippen LogP contribution in [0.4, 0.5) is 11.6 Å². The van der Waals surface area contributed by atoms with E-state index in [4.69, 9.17) is 5.73 Å². The fraction of sp³-hybridized carbons (Fsp3) is 0.143. The van der Waals surface area contributed by atoms with Crippen molar-refractivity contribution in [3.8, 4) is 11.3 Å². The van der Waals surface area contributed by atoms with Crippen LogP contribution in [-0.2, 0) is 0 Å². The zero-order chi connectivity index (χ0) is 19.7. The topological polar surface area (TPSA) is 98.7 Å². The minimum absolute atomic E-state index is 0.309. The normalized spacial score (nSPS) is 11.1. The molecule has 0 atom stereocenters. The number of pyridine rings is 1. The molecule has 1 aromatic carbocycles. The fourth-order valence-corrected chi connectivity index (χ4v) is 3.15. The molecule has 0 radical (unpaired) electrons. The number of fused-ring (bicyclic) bond motifs is 1. The highest BCUT2D eigenvalue weighted by molar-refractivity contribution is 5.95. The second-order valence-corrected chi connectivity index (χ2v) is 6.77. The maximum atomic E-state index is 11.2. The molecule has 1 amide bonds. The first-order valence-corrected chi connectivity index (χ1v) is 8.98. The molecule has 0 spiro atoms. The number of primary amides is 1. The molecule has 4 aromatic rings. The summed E-state index contributed by atoms with van der Waals surface area (Å²) in [6.45, 7) is 4.28. The van der Waals surface area contributed by atoms with Crippen LogP contribution in [0.3, 0.4) is 0 Å². The molecule has 3 heterocycles. The summed E-state index contributed by atoms with van der Waals surface area (Å²) >= 11 is 0. The lowest BCUT2D eigenvalue weighted by atomic mass is 10.1. The number of nitrogens with zero attached hydrogens (tertiary/aromatic N) is 4. The van der Waals surface area contributed by atoms with E-state index in [1.165, 1.54) is 0 Å². The lowest BCUT2D eigenvalue weighted by Crippen LogP contribution is -2.10. The average Bonchev–Trinajstić information content (AvgIpc) is 3.09. The van der Waals surface area contributed by atoms with Crippen LogP contribution in [-0.4, -0.2) is 25.4 Å². The zero-order valence-corrected chi connectivity index (χ0v) is 15.6. The van der Waals surface area contributed by atoms with Crippen LogP contribution >= 0.6 is 0 Å². The maximum absolute atomic E-state index is 11.2. The molecule has 0 saturated heterocycles. The quantitative estimate of drug-likeness (QED) is 0.553. The van der Waals surface area contributed by atoms with Gasteiger partial charge in [0.05, 0.1) is 17.4 Å². The predicted molar refractivity (Wildman–Crippen MR) is 109 cm³/mol. The lowest BCUT2D eigenvalue weighted by molar-refractivity contribution is 0.100. The number of nitrogens with two attached hydrogens (primary N) is 1. The Morgan fingerprint density at radius 2 is 1.89 bits per heavy atom. The summed E-state index contributed by atoms with van der Waals surface area (Å²) in [4.78, 5) is 24.4. The number of hydrogen-bond donors (Lipinski definition) is 2. The van der Waals surface area contributed by atoms with Gasteiger partial charge in [-0.15, -0.1) is 0 Å². The van der Waals surface area contributed by atoms with E-state index >= 15 is 0 Å². The van der Waals surface area contributed by atoms with Crippen LogP contribution < -0.4 is 11.1 Å². The molecular formula is C21H20N6O. The lowest BCUT2D eigenvalue weighted by Gasteiger charge is -2.08. The average molecular weight is 372 g/mol. The Morgan fingerprint density at radius 3 is 2.61 bits per heavy atom. The number of hydrogen-bond acceptors (Lipinski definition) is 5. The molecule has 3 N–H and O–H groups in total. The Kier molecular flexibility index (Phi) is 4.49. The molecule has 0 aliphatic heterocycles. The van der Waals surface area contributed by atoms with Crippen molar-refractivity contribution in [2.75, 3.05) is 5.32 Å². The molecule has 7 nitrogen and oxygen atoms in total. The highest BCUT2D eigenvalue weighted by atomic mass is 16.1. The first-order chi connectivity index (χ1) is 13.5. The van der Waals surface area contributed by atoms with Crippen molar-refractivity contribution in [1.29, 1.82) is 0 Å². The minimum atomic E-state index is -0.458. The summed E-state index contributed by atoms with van der Waals surface area (Å²) in [5.41, 5.74) is 9.43. The van der Waals surface area contributed by atoms with Gasteiger partial charge in [-0.1, -0.05) is 0 Å². The van der Waals surface area contributed by atoms with Crippen molar-refractivity contribution in [2.45, 2.75) is 19.9 Å². The standard InChI is InChI=1S/C21H20N6O/c1-13(2)27-12-17(16-7-9-23-11-19(16)27)18-8-10-24-21(26-18)25-15-5-3-14(4-6-15)20(22)28/h3-13H,1-2H3,(H2,22,28)(H,24,25,26). The third kappa shape index (κ3) is 3.29. The number of carbonyl (C=O) groups excluding carboxylic acids is 1. The van der Waals surface area contributed by atoms with Crippen LogP contribution in [0.25, 0.3) is 22.2 Å². The highest BCUT2D eigenvalue weighted by Crippen LogP contribution is 2.31. The second kappa shape index (κ2) is 7.11. The fourth-order valence-electron chi connectivity index (χ4n) is 3.15. The molecule has 0 bridgehead atoms. The Hall–Kier alpha value is -3.74. The van der Waals surface area contributed by atoms with E-state index < -0.39 is 5.91 Å². The molecule has 140 valence electrons. The minimum Gasteiger partial charge on any atom is -0.366 e. The number of nitrogens with one attached hydrogen (secondary N) is 1. The van der Waals surface area contributed by atoms with E-state index in [-0.39, 0.29) is 0 Å². The van der Waals surface area contributed by atoms with E-state index in [1.54, 1.807) is 36.7 Å². The highest BCUT2D eigenvalue weighted by Gasteiger charge is 2.14. The summed E-state index contributed by atoms with van der Waals surface area (Å²) in [5, 5.41) is 4.26. The van der Waals surface area contributed by atoms with E-state index in [2.05, 4.69) is 44.9 Å². The van der Waals surface area contributed by atoms with Crippen molar-refractivity contribution < 1.29 is 4.79 Å². The molecule has 0 unspecified atom stereocenters. The van der Waals surface area contributed by atoms with E-state index in [0.29, 0.717) is 17.6 Å². The van der Waals surface area contributed by atoms with Crippen molar-refractivity contribution in [3.05, 3.63) is 66.7 Å². The summed E-state index contributed by atoms with van der Waals surface area (Å²) < 4.78 is 2.19. The number of aromatic nitrogens is 4. The van der Waals surface area contributed by atoms with Crippen molar-refractivity contribution in [2.24, 2.45) is 5.73 Å². The maximum Gasteiger partial charge on any atom is 0.248 e. The van der Waals surface area contributed by atoms with Gasteiger partial charge in [0.15, 0.2) is 0 Å². The van der Waals surface area contributed by atoms with E-state index in [9.17, 15) is 4.79 Å². The van der Waals surface area contributed by atoms with Crippen LogP contribution in [0.1, 0.15) is 30.2 Å². The summed E-state index contributed by atoms with van der Waals surface area (Å²) in [6.07, 6.45) is 7.49. The molecule has 4 rings (SSSR count). The predicted octanol–water partition coefficient (Wildman–Crippen LogP) is 3.92. The smallest absolute Gasteiger partial charge is 0.248 e. The molecule has 0 saturated carbocycles. The van der Waals surface area contributed by atoms with Gasteiger partial charge in [-0.3, -0.25) is 9.78 Å². The Balaban J connectivity index is 1.69. The second-order valence-electron chi connectivity index (χ2n) is 6.77. The molecule has 3 aromatic heterocycles. The van der Waals surface area contributed by atoms with Gasteiger partial charge in [0.1, 0.15) is 0 Å². The molecule has 0 aliphatic rings. The SMILES string of the molecule is CC(C)n1cc(-c2ccnc(Nc3ccc(C(N)=O)cc3)n2)c2ccncc21. The van der Waals surface area contributed by atoms with Crippen LogP contribution in [0.15, 0.2) is 61.2 Å². The third-order valence-electron chi connectivity index (χ3n) is 4.55. The van der Waals surface area contributed by atoms with Gasteiger partial charge in [0, 0.05) is 46.8 Å². The van der Waals surface area contributed by atoms with Gasteiger partial charge in [-0.2, -0.15) is 0 Å². The van der Waals surface area contributed by atoms with E-state index in [0.717, 1.165) is 27.8 Å². The molecular weight excluding hydrogens is 352 g/mol. The number of rotatable bonds is 5. The number of anilines is 2. The van der Waals surface area contributed by atoms with Crippen molar-refractivity contribution in [3.63, 3.8) is 0 Å². The first-order valence-electron chi connectivity index (χ1n) is 8.98. The van der Waals surface area contributed by atoms with Crippen LogP contribution in [0, 0.1) is 0 Å². The van der Waals surface area contributed by atoms with Gasteiger partial charge in [0.25, 0.3) is 0 Å². The van der Waals surface area contributed by atoms with Gasteiger partial charge >= 0.3 is 0 Å². The number of benzene rings is 1. The zero-order valence-electron chi connectivity index (χ0n) is 15.6. The number of amides is 1. The number of carbonyl (C=O) groups is 1. The monoisotopic (exact) mass is 372 g/mol. The largest absolute Gasteiger partial charge is 0.366 e. The van der Waals surface area contributed by atoms with Crippen LogP contribution in [0.2, 0.25) is 0 Å².